The fourth-order valence-electron chi connectivity index (χ4n) is 0.837. The average molecular weight is 169 g/mol. The molecular formula is C7H15N5. The molecule has 0 saturated heterocycles. The molecule has 0 unspecified atom stereocenters. The van der Waals surface area contributed by atoms with Gasteiger partial charge >= 0.3 is 0 Å². The van der Waals surface area contributed by atoms with Crippen LogP contribution in [0, 0.1) is 0 Å². The van der Waals surface area contributed by atoms with Crippen LogP contribution >= 0.6 is 0 Å². The van der Waals surface area contributed by atoms with E-state index in [1.54, 1.807) is 6.33 Å². The molecule has 0 aliphatic rings. The van der Waals surface area contributed by atoms with Gasteiger partial charge in [0, 0.05) is 6.54 Å². The molecule has 1 aromatic heterocycles. The van der Waals surface area contributed by atoms with Gasteiger partial charge in [-0.05, 0) is 14.1 Å². The van der Waals surface area contributed by atoms with Gasteiger partial charge in [-0.15, -0.1) is 0 Å². The highest BCUT2D eigenvalue weighted by molar-refractivity contribution is 4.78. The van der Waals surface area contributed by atoms with E-state index in [1.165, 1.54) is 0 Å². The lowest BCUT2D eigenvalue weighted by Crippen LogP contribution is -2.18. The van der Waals surface area contributed by atoms with Gasteiger partial charge in [0.1, 0.15) is 6.33 Å². The minimum atomic E-state index is 0.412. The summed E-state index contributed by atoms with van der Waals surface area (Å²) in [6.45, 7) is 2.24. The van der Waals surface area contributed by atoms with Gasteiger partial charge in [0.05, 0.1) is 13.1 Å². The highest BCUT2D eigenvalue weighted by atomic mass is 15.3. The Morgan fingerprint density at radius 3 is 2.83 bits per heavy atom. The molecule has 2 N–H and O–H groups in total. The Labute approximate surface area is 72.2 Å². The van der Waals surface area contributed by atoms with Crippen molar-refractivity contribution in [3.05, 3.63) is 12.2 Å². The van der Waals surface area contributed by atoms with E-state index in [0.29, 0.717) is 12.4 Å². The van der Waals surface area contributed by atoms with Crippen LogP contribution in [0.1, 0.15) is 5.82 Å². The molecular weight excluding hydrogens is 154 g/mol. The second kappa shape index (κ2) is 4.18. The van der Waals surface area contributed by atoms with Crippen LogP contribution in [0.4, 0.5) is 0 Å². The summed E-state index contributed by atoms with van der Waals surface area (Å²) < 4.78 is 1.81. The van der Waals surface area contributed by atoms with Crippen LogP contribution in [-0.4, -0.2) is 40.3 Å². The van der Waals surface area contributed by atoms with Gasteiger partial charge in [0.2, 0.25) is 0 Å². The average Bonchev–Trinajstić information content (AvgIpc) is 2.48. The first-order valence-corrected chi connectivity index (χ1v) is 3.95. The quantitative estimate of drug-likeness (QED) is 0.647. The number of hydrogen-bond donors (Lipinski definition) is 1. The van der Waals surface area contributed by atoms with Gasteiger partial charge in [-0.1, -0.05) is 0 Å². The third-order valence-corrected chi connectivity index (χ3v) is 1.54. The van der Waals surface area contributed by atoms with Crippen LogP contribution in [0.2, 0.25) is 0 Å². The van der Waals surface area contributed by atoms with Crippen molar-refractivity contribution < 1.29 is 0 Å². The third kappa shape index (κ3) is 2.60. The van der Waals surface area contributed by atoms with E-state index in [-0.39, 0.29) is 0 Å². The Kier molecular flexibility index (Phi) is 3.19. The van der Waals surface area contributed by atoms with Gasteiger partial charge in [0.25, 0.3) is 0 Å². The summed E-state index contributed by atoms with van der Waals surface area (Å²) in [4.78, 5) is 6.12. The van der Waals surface area contributed by atoms with E-state index >= 15 is 0 Å². The summed E-state index contributed by atoms with van der Waals surface area (Å²) in [7, 11) is 4.06. The van der Waals surface area contributed by atoms with E-state index in [9.17, 15) is 0 Å². The van der Waals surface area contributed by atoms with E-state index in [4.69, 9.17) is 5.73 Å². The Hall–Kier alpha value is -0.940. The van der Waals surface area contributed by atoms with Crippen molar-refractivity contribution in [2.45, 2.75) is 13.1 Å². The summed E-state index contributed by atoms with van der Waals surface area (Å²) in [5, 5.41) is 4.15. The number of aromatic nitrogens is 3. The molecule has 0 spiro atoms. The highest BCUT2D eigenvalue weighted by Crippen LogP contribution is 1.88. The fraction of sp³-hybridized carbons (Fsp3) is 0.714. The molecule has 0 atom stereocenters. The first-order chi connectivity index (χ1) is 5.72. The third-order valence-electron chi connectivity index (χ3n) is 1.54. The zero-order valence-electron chi connectivity index (χ0n) is 7.56. The van der Waals surface area contributed by atoms with Crippen molar-refractivity contribution in [1.29, 1.82) is 0 Å². The number of hydrogen-bond acceptors (Lipinski definition) is 4. The second-order valence-corrected chi connectivity index (χ2v) is 2.93. The molecule has 0 aliphatic carbocycles. The minimum Gasteiger partial charge on any atom is -0.324 e. The molecule has 68 valence electrons. The van der Waals surface area contributed by atoms with Crippen LogP contribution in [0.3, 0.4) is 0 Å². The Balaban J connectivity index is 2.41. The number of nitrogens with zero attached hydrogens (tertiary/aromatic N) is 4. The van der Waals surface area contributed by atoms with Crippen molar-refractivity contribution in [2.24, 2.45) is 5.73 Å². The van der Waals surface area contributed by atoms with Gasteiger partial charge in [0.15, 0.2) is 5.82 Å². The minimum absolute atomic E-state index is 0.412. The molecule has 0 aliphatic heterocycles. The zero-order chi connectivity index (χ0) is 8.97. The van der Waals surface area contributed by atoms with Gasteiger partial charge < -0.3 is 10.6 Å². The van der Waals surface area contributed by atoms with Crippen molar-refractivity contribution in [2.75, 3.05) is 20.6 Å². The Morgan fingerprint density at radius 2 is 2.33 bits per heavy atom. The predicted octanol–water partition coefficient (Wildman–Crippen LogP) is -0.702. The Morgan fingerprint density at radius 1 is 1.58 bits per heavy atom. The molecule has 0 fully saturated rings. The molecule has 1 heterocycles. The summed E-state index contributed by atoms with van der Waals surface area (Å²) in [6, 6.07) is 0. The van der Waals surface area contributed by atoms with Crippen molar-refractivity contribution in [1.82, 2.24) is 19.7 Å². The number of likely N-dealkylation sites (N-methyl/N-ethyl adjacent to an activating group) is 1. The second-order valence-electron chi connectivity index (χ2n) is 2.93. The predicted molar refractivity (Wildman–Crippen MR) is 46.5 cm³/mol. The topological polar surface area (TPSA) is 60.0 Å². The van der Waals surface area contributed by atoms with Crippen LogP contribution < -0.4 is 5.73 Å². The molecule has 0 saturated carbocycles. The first kappa shape index (κ1) is 9.15. The number of nitrogens with two attached hydrogens (primary N) is 1. The summed E-state index contributed by atoms with van der Waals surface area (Å²) >= 11 is 0. The molecule has 0 aromatic carbocycles. The molecule has 0 amide bonds. The van der Waals surface area contributed by atoms with Gasteiger partial charge in [-0.3, -0.25) is 4.68 Å². The van der Waals surface area contributed by atoms with E-state index < -0.39 is 0 Å². The highest BCUT2D eigenvalue weighted by Gasteiger charge is 1.97. The largest absolute Gasteiger partial charge is 0.324 e. The lowest BCUT2D eigenvalue weighted by molar-refractivity contribution is 0.372. The molecule has 5 nitrogen and oxygen atoms in total. The standard InChI is InChI=1S/C7H15N5/c1-11(2)3-4-12-6-9-7(5-8)10-12/h6H,3-5,8H2,1-2H3. The molecule has 0 radical (unpaired) electrons. The van der Waals surface area contributed by atoms with E-state index in [1.807, 2.05) is 18.8 Å². The smallest absolute Gasteiger partial charge is 0.164 e. The summed E-state index contributed by atoms with van der Waals surface area (Å²) in [5.41, 5.74) is 5.37. The Bertz CT molecular complexity index is 229. The lowest BCUT2D eigenvalue weighted by atomic mass is 10.6. The maximum atomic E-state index is 5.37. The van der Waals surface area contributed by atoms with Gasteiger partial charge in [-0.2, -0.15) is 5.10 Å². The molecule has 1 rings (SSSR count). The van der Waals surface area contributed by atoms with E-state index in [2.05, 4.69) is 15.0 Å². The van der Waals surface area contributed by atoms with Crippen LogP contribution in [0.15, 0.2) is 6.33 Å². The normalized spacial score (nSPS) is 11.0. The van der Waals surface area contributed by atoms with Crippen LogP contribution in [0.25, 0.3) is 0 Å². The molecule has 5 heteroatoms. The maximum absolute atomic E-state index is 5.37. The molecule has 12 heavy (non-hydrogen) atoms. The molecule has 1 aromatic rings. The van der Waals surface area contributed by atoms with Gasteiger partial charge in [-0.25, -0.2) is 4.98 Å². The summed E-state index contributed by atoms with van der Waals surface area (Å²) in [5.74, 6) is 0.703. The van der Waals surface area contributed by atoms with E-state index in [0.717, 1.165) is 13.1 Å². The lowest BCUT2D eigenvalue weighted by Gasteiger charge is -2.07. The SMILES string of the molecule is CN(C)CCn1cnc(CN)n1. The van der Waals surface area contributed by atoms with Crippen molar-refractivity contribution in [3.8, 4) is 0 Å². The first-order valence-electron chi connectivity index (χ1n) is 3.95. The zero-order valence-corrected chi connectivity index (χ0v) is 7.56. The fourth-order valence-corrected chi connectivity index (χ4v) is 0.837. The number of rotatable bonds is 4. The van der Waals surface area contributed by atoms with Crippen molar-refractivity contribution in [3.63, 3.8) is 0 Å². The maximum Gasteiger partial charge on any atom is 0.164 e. The van der Waals surface area contributed by atoms with Crippen LogP contribution in [0.5, 0.6) is 0 Å². The molecule has 0 bridgehead atoms. The monoisotopic (exact) mass is 169 g/mol. The van der Waals surface area contributed by atoms with Crippen LogP contribution in [-0.2, 0) is 13.1 Å². The van der Waals surface area contributed by atoms with Crippen molar-refractivity contribution >= 4 is 0 Å². The summed E-state index contributed by atoms with van der Waals surface area (Å²) in [6.07, 6.45) is 1.71.